The van der Waals surface area contributed by atoms with Crippen molar-refractivity contribution in [2.75, 3.05) is 33.5 Å². The molecule has 0 saturated heterocycles. The van der Waals surface area contributed by atoms with Gasteiger partial charge in [0.25, 0.3) is 0 Å². The monoisotopic (exact) mass is 319 g/mol. The SMILES string of the molecule is COCCOCCNS(=O)(=O)c1ccc(O)c(C(=O)O)c1. The summed E-state index contributed by atoms with van der Waals surface area (Å²) in [7, 11) is -2.34. The van der Waals surface area contributed by atoms with Crippen LogP contribution in [-0.4, -0.2) is 58.1 Å². The Balaban J connectivity index is 2.66. The topological polar surface area (TPSA) is 122 Å². The first-order valence-electron chi connectivity index (χ1n) is 6.01. The van der Waals surface area contributed by atoms with E-state index in [-0.39, 0.29) is 18.0 Å². The summed E-state index contributed by atoms with van der Waals surface area (Å²) in [4.78, 5) is 10.6. The van der Waals surface area contributed by atoms with Crippen LogP contribution < -0.4 is 4.72 Å². The Morgan fingerprint density at radius 3 is 2.62 bits per heavy atom. The van der Waals surface area contributed by atoms with Gasteiger partial charge in [-0.1, -0.05) is 0 Å². The molecule has 0 spiro atoms. The van der Waals surface area contributed by atoms with E-state index < -0.39 is 27.3 Å². The van der Waals surface area contributed by atoms with E-state index in [2.05, 4.69) is 4.72 Å². The summed E-state index contributed by atoms with van der Waals surface area (Å²) in [5.41, 5.74) is -0.478. The first kappa shape index (κ1) is 17.4. The molecular weight excluding hydrogens is 302 g/mol. The molecule has 0 radical (unpaired) electrons. The number of ether oxygens (including phenoxy) is 2. The average molecular weight is 319 g/mol. The number of hydrogen-bond donors (Lipinski definition) is 3. The minimum atomic E-state index is -3.86. The highest BCUT2D eigenvalue weighted by molar-refractivity contribution is 7.89. The van der Waals surface area contributed by atoms with Crippen molar-refractivity contribution in [1.82, 2.24) is 4.72 Å². The van der Waals surface area contributed by atoms with Gasteiger partial charge in [-0.25, -0.2) is 17.9 Å². The van der Waals surface area contributed by atoms with Gasteiger partial charge in [-0.15, -0.1) is 0 Å². The Bertz CT molecular complexity index is 585. The fraction of sp³-hybridized carbons (Fsp3) is 0.417. The molecule has 8 nitrogen and oxygen atoms in total. The Kier molecular flexibility index (Phi) is 6.56. The Morgan fingerprint density at radius 1 is 1.29 bits per heavy atom. The average Bonchev–Trinajstić information content (AvgIpc) is 2.42. The number of hydrogen-bond acceptors (Lipinski definition) is 6. The van der Waals surface area contributed by atoms with Gasteiger partial charge in [-0.3, -0.25) is 0 Å². The van der Waals surface area contributed by atoms with Crippen molar-refractivity contribution in [3.63, 3.8) is 0 Å². The van der Waals surface area contributed by atoms with Crippen molar-refractivity contribution in [3.05, 3.63) is 23.8 Å². The molecule has 9 heteroatoms. The van der Waals surface area contributed by atoms with Crippen LogP contribution >= 0.6 is 0 Å². The van der Waals surface area contributed by atoms with E-state index in [1.807, 2.05) is 0 Å². The fourth-order valence-electron chi connectivity index (χ4n) is 1.43. The zero-order chi connectivity index (χ0) is 15.9. The minimum absolute atomic E-state index is 0.0370. The van der Waals surface area contributed by atoms with E-state index in [1.165, 1.54) is 7.11 Å². The lowest BCUT2D eigenvalue weighted by Gasteiger charge is -2.08. The summed E-state index contributed by atoms with van der Waals surface area (Å²) in [6.45, 7) is 0.953. The molecule has 0 atom stereocenters. The summed E-state index contributed by atoms with van der Waals surface area (Å²) in [6, 6.07) is 3.04. The van der Waals surface area contributed by atoms with Gasteiger partial charge in [0.15, 0.2) is 0 Å². The molecular formula is C12H17NO7S. The molecule has 0 aliphatic rings. The molecule has 0 aliphatic heterocycles. The highest BCUT2D eigenvalue weighted by Crippen LogP contribution is 2.21. The van der Waals surface area contributed by atoms with E-state index in [1.54, 1.807) is 0 Å². The molecule has 21 heavy (non-hydrogen) atoms. The van der Waals surface area contributed by atoms with Gasteiger partial charge in [-0.2, -0.15) is 0 Å². The van der Waals surface area contributed by atoms with Crippen molar-refractivity contribution in [2.45, 2.75) is 4.90 Å². The molecule has 0 fully saturated rings. The smallest absolute Gasteiger partial charge is 0.339 e. The second-order valence-corrected chi connectivity index (χ2v) is 5.75. The normalized spacial score (nSPS) is 11.5. The van der Waals surface area contributed by atoms with E-state index in [4.69, 9.17) is 14.6 Å². The summed E-state index contributed by atoms with van der Waals surface area (Å²) in [5, 5.41) is 18.2. The molecule has 0 saturated carbocycles. The summed E-state index contributed by atoms with van der Waals surface area (Å²) < 4.78 is 36.0. The number of phenols is 1. The number of nitrogens with one attached hydrogen (secondary N) is 1. The van der Waals surface area contributed by atoms with Gasteiger partial charge < -0.3 is 19.7 Å². The van der Waals surface area contributed by atoms with Gasteiger partial charge in [0.1, 0.15) is 11.3 Å². The number of sulfonamides is 1. The van der Waals surface area contributed by atoms with Crippen LogP contribution in [0.3, 0.4) is 0 Å². The van der Waals surface area contributed by atoms with Crippen molar-refractivity contribution < 1.29 is 32.9 Å². The molecule has 1 aromatic rings. The first-order chi connectivity index (χ1) is 9.88. The third kappa shape index (κ3) is 5.31. The molecule has 0 unspecified atom stereocenters. The van der Waals surface area contributed by atoms with Crippen LogP contribution in [-0.2, 0) is 19.5 Å². The van der Waals surface area contributed by atoms with Crippen LogP contribution in [0.1, 0.15) is 10.4 Å². The Labute approximate surface area is 122 Å². The first-order valence-corrected chi connectivity index (χ1v) is 7.49. The van der Waals surface area contributed by atoms with E-state index in [0.29, 0.717) is 13.2 Å². The van der Waals surface area contributed by atoms with Crippen LogP contribution in [0, 0.1) is 0 Å². The Morgan fingerprint density at radius 2 is 2.00 bits per heavy atom. The molecule has 118 valence electrons. The summed E-state index contributed by atoms with van der Waals surface area (Å²) >= 11 is 0. The molecule has 0 amide bonds. The highest BCUT2D eigenvalue weighted by atomic mass is 32.2. The van der Waals surface area contributed by atoms with Crippen LogP contribution in [0.15, 0.2) is 23.1 Å². The molecule has 1 aromatic carbocycles. The highest BCUT2D eigenvalue weighted by Gasteiger charge is 2.18. The molecule has 0 aliphatic carbocycles. The minimum Gasteiger partial charge on any atom is -0.507 e. The van der Waals surface area contributed by atoms with Crippen LogP contribution in [0.2, 0.25) is 0 Å². The van der Waals surface area contributed by atoms with Crippen LogP contribution in [0.4, 0.5) is 0 Å². The number of aromatic hydroxyl groups is 1. The molecule has 3 N–H and O–H groups in total. The standard InChI is InChI=1S/C12H17NO7S/c1-19-6-7-20-5-4-13-21(17,18)9-2-3-11(14)10(8-9)12(15)16/h2-3,8,13-14H,4-7H2,1H3,(H,15,16). The predicted molar refractivity (Wildman–Crippen MR) is 72.9 cm³/mol. The number of carboxylic acid groups (broad SMARTS) is 1. The van der Waals surface area contributed by atoms with E-state index >= 15 is 0 Å². The second kappa shape index (κ2) is 7.93. The van der Waals surface area contributed by atoms with Crippen molar-refractivity contribution in [1.29, 1.82) is 0 Å². The predicted octanol–water partition coefficient (Wildman–Crippen LogP) is 0.0317. The molecule has 0 heterocycles. The zero-order valence-electron chi connectivity index (χ0n) is 11.4. The van der Waals surface area contributed by atoms with Crippen molar-refractivity contribution >= 4 is 16.0 Å². The third-order valence-electron chi connectivity index (χ3n) is 2.48. The number of carbonyl (C=O) groups is 1. The lowest BCUT2D eigenvalue weighted by molar-refractivity contribution is 0.0693. The molecule has 0 aromatic heterocycles. The molecule has 1 rings (SSSR count). The van der Waals surface area contributed by atoms with Crippen molar-refractivity contribution in [2.24, 2.45) is 0 Å². The fourth-order valence-corrected chi connectivity index (χ4v) is 2.47. The van der Waals surface area contributed by atoms with Gasteiger partial charge in [-0.05, 0) is 18.2 Å². The number of aromatic carboxylic acids is 1. The number of methoxy groups -OCH3 is 1. The lowest BCUT2D eigenvalue weighted by Crippen LogP contribution is -2.28. The van der Waals surface area contributed by atoms with Crippen LogP contribution in [0.25, 0.3) is 0 Å². The summed E-state index contributed by atoms with van der Waals surface area (Å²) in [5.74, 6) is -1.91. The van der Waals surface area contributed by atoms with Crippen LogP contribution in [0.5, 0.6) is 5.75 Å². The quantitative estimate of drug-likeness (QED) is 0.549. The van der Waals surface area contributed by atoms with E-state index in [0.717, 1.165) is 18.2 Å². The second-order valence-electron chi connectivity index (χ2n) is 3.99. The largest absolute Gasteiger partial charge is 0.507 e. The van der Waals surface area contributed by atoms with Gasteiger partial charge >= 0.3 is 5.97 Å². The number of carboxylic acids is 1. The summed E-state index contributed by atoms with van der Waals surface area (Å²) in [6.07, 6.45) is 0. The van der Waals surface area contributed by atoms with Gasteiger partial charge in [0.05, 0.1) is 24.7 Å². The maximum atomic E-state index is 11.9. The van der Waals surface area contributed by atoms with Crippen molar-refractivity contribution in [3.8, 4) is 5.75 Å². The molecule has 0 bridgehead atoms. The lowest BCUT2D eigenvalue weighted by atomic mass is 10.2. The van der Waals surface area contributed by atoms with Gasteiger partial charge in [0, 0.05) is 13.7 Å². The Hall–Kier alpha value is -1.68. The number of benzene rings is 1. The maximum absolute atomic E-state index is 11.9. The van der Waals surface area contributed by atoms with E-state index in [9.17, 15) is 18.3 Å². The van der Waals surface area contributed by atoms with Gasteiger partial charge in [0.2, 0.25) is 10.0 Å². The zero-order valence-corrected chi connectivity index (χ0v) is 12.2. The number of rotatable bonds is 9. The third-order valence-corrected chi connectivity index (χ3v) is 3.94. The maximum Gasteiger partial charge on any atom is 0.339 e.